The maximum absolute atomic E-state index is 9.66. The molecule has 3 heteroatoms. The van der Waals surface area contributed by atoms with Crippen molar-refractivity contribution in [3.8, 4) is 6.07 Å². The molecular weight excluding hydrogens is 234 g/mol. The molecule has 0 aromatic heterocycles. The number of hydrogen-bond acceptors (Lipinski definition) is 3. The van der Waals surface area contributed by atoms with E-state index in [4.69, 9.17) is 0 Å². The molecule has 0 spiro atoms. The molecular formula is C16H27N3. The normalized spacial score (nSPS) is 40.8. The summed E-state index contributed by atoms with van der Waals surface area (Å²) in [6, 6.07) is 3.91. The number of likely N-dealkylation sites (tertiary alicyclic amines) is 1. The first-order valence-electron chi connectivity index (χ1n) is 8.14. The number of nitriles is 1. The molecule has 106 valence electrons. The molecule has 3 aliphatic rings. The smallest absolute Gasteiger partial charge is 0.108 e. The van der Waals surface area contributed by atoms with Gasteiger partial charge in [0.05, 0.1) is 6.07 Å². The van der Waals surface area contributed by atoms with Crippen molar-refractivity contribution >= 4 is 0 Å². The van der Waals surface area contributed by atoms with Crippen molar-refractivity contribution in [2.45, 2.75) is 75.9 Å². The first kappa shape index (κ1) is 13.4. The van der Waals surface area contributed by atoms with Crippen molar-refractivity contribution < 1.29 is 0 Å². The highest BCUT2D eigenvalue weighted by atomic mass is 15.2. The van der Waals surface area contributed by atoms with Crippen LogP contribution in [0.25, 0.3) is 0 Å². The Morgan fingerprint density at radius 3 is 2.74 bits per heavy atom. The highest BCUT2D eigenvalue weighted by Crippen LogP contribution is 2.35. The average molecular weight is 261 g/mol. The number of piperidine rings is 1. The van der Waals surface area contributed by atoms with Crippen LogP contribution in [0.15, 0.2) is 0 Å². The van der Waals surface area contributed by atoms with Crippen molar-refractivity contribution in [1.29, 1.82) is 5.26 Å². The van der Waals surface area contributed by atoms with E-state index in [1.165, 1.54) is 51.6 Å². The van der Waals surface area contributed by atoms with Gasteiger partial charge in [-0.2, -0.15) is 5.26 Å². The van der Waals surface area contributed by atoms with Crippen LogP contribution in [0.1, 0.15) is 58.3 Å². The van der Waals surface area contributed by atoms with E-state index in [0.29, 0.717) is 12.1 Å². The van der Waals surface area contributed by atoms with E-state index in [-0.39, 0.29) is 5.54 Å². The molecule has 1 heterocycles. The molecule has 2 saturated carbocycles. The second-order valence-corrected chi connectivity index (χ2v) is 7.11. The molecule has 0 aromatic carbocycles. The lowest BCUT2D eigenvalue weighted by molar-refractivity contribution is 0.0804. The minimum absolute atomic E-state index is 0.217. The monoisotopic (exact) mass is 261 g/mol. The van der Waals surface area contributed by atoms with Crippen molar-refractivity contribution in [2.75, 3.05) is 13.1 Å². The van der Waals surface area contributed by atoms with Gasteiger partial charge < -0.3 is 4.90 Å². The first-order valence-corrected chi connectivity index (χ1v) is 8.14. The zero-order chi connectivity index (χ0) is 13.3. The third-order valence-corrected chi connectivity index (χ3v) is 5.20. The SMILES string of the molecule is CC1CCCN(C2CCCC(C#N)(NC3CC3)C2)C1. The highest BCUT2D eigenvalue weighted by Gasteiger charge is 2.42. The molecule has 0 aromatic rings. The van der Waals surface area contributed by atoms with Gasteiger partial charge in [-0.05, 0) is 63.8 Å². The Labute approximate surface area is 117 Å². The fourth-order valence-electron chi connectivity index (χ4n) is 4.00. The highest BCUT2D eigenvalue weighted by molar-refractivity contribution is 5.13. The largest absolute Gasteiger partial charge is 0.300 e. The number of nitrogens with one attached hydrogen (secondary N) is 1. The summed E-state index contributed by atoms with van der Waals surface area (Å²) in [5.41, 5.74) is -0.217. The second-order valence-electron chi connectivity index (χ2n) is 7.11. The maximum Gasteiger partial charge on any atom is 0.108 e. The third-order valence-electron chi connectivity index (χ3n) is 5.20. The Balaban J connectivity index is 1.64. The van der Waals surface area contributed by atoms with E-state index >= 15 is 0 Å². The van der Waals surface area contributed by atoms with Gasteiger partial charge in [-0.3, -0.25) is 5.32 Å². The Morgan fingerprint density at radius 2 is 2.05 bits per heavy atom. The molecule has 3 rings (SSSR count). The van der Waals surface area contributed by atoms with Gasteiger partial charge in [0.25, 0.3) is 0 Å². The van der Waals surface area contributed by atoms with E-state index < -0.39 is 0 Å². The van der Waals surface area contributed by atoms with Crippen LogP contribution in [0.4, 0.5) is 0 Å². The lowest BCUT2D eigenvalue weighted by Crippen LogP contribution is -2.54. The van der Waals surface area contributed by atoms with Crippen LogP contribution in [-0.4, -0.2) is 35.6 Å². The van der Waals surface area contributed by atoms with Crippen molar-refractivity contribution in [3.63, 3.8) is 0 Å². The topological polar surface area (TPSA) is 39.1 Å². The van der Waals surface area contributed by atoms with Crippen LogP contribution in [0.3, 0.4) is 0 Å². The second kappa shape index (κ2) is 5.42. The summed E-state index contributed by atoms with van der Waals surface area (Å²) in [6.07, 6.45) is 9.88. The van der Waals surface area contributed by atoms with Crippen LogP contribution >= 0.6 is 0 Å². The maximum atomic E-state index is 9.66. The minimum atomic E-state index is -0.217. The standard InChI is InChI=1S/C16H27N3/c1-13-4-3-9-19(11-13)15-5-2-8-16(10-15,12-17)18-14-6-7-14/h13-15,18H,2-11H2,1H3. The Hall–Kier alpha value is -0.590. The molecule has 3 unspecified atom stereocenters. The minimum Gasteiger partial charge on any atom is -0.300 e. The molecule has 3 fully saturated rings. The lowest BCUT2D eigenvalue weighted by atomic mass is 9.78. The predicted molar refractivity (Wildman–Crippen MR) is 76.7 cm³/mol. The molecule has 19 heavy (non-hydrogen) atoms. The summed E-state index contributed by atoms with van der Waals surface area (Å²) in [7, 11) is 0. The Kier molecular flexibility index (Phi) is 3.82. The molecule has 1 aliphatic heterocycles. The Bertz CT molecular complexity index is 357. The predicted octanol–water partition coefficient (Wildman–Crippen LogP) is 2.68. The van der Waals surface area contributed by atoms with Gasteiger partial charge in [0.15, 0.2) is 0 Å². The van der Waals surface area contributed by atoms with Gasteiger partial charge in [0.2, 0.25) is 0 Å². The molecule has 0 bridgehead atoms. The summed E-state index contributed by atoms with van der Waals surface area (Å²) in [4.78, 5) is 2.67. The zero-order valence-corrected chi connectivity index (χ0v) is 12.2. The molecule has 1 N–H and O–H groups in total. The van der Waals surface area contributed by atoms with E-state index in [0.717, 1.165) is 18.8 Å². The number of nitrogens with zero attached hydrogens (tertiary/aromatic N) is 2. The summed E-state index contributed by atoms with van der Waals surface area (Å²) in [5.74, 6) is 0.837. The third kappa shape index (κ3) is 3.12. The van der Waals surface area contributed by atoms with Gasteiger partial charge in [-0.1, -0.05) is 6.92 Å². The Morgan fingerprint density at radius 1 is 1.21 bits per heavy atom. The zero-order valence-electron chi connectivity index (χ0n) is 12.2. The van der Waals surface area contributed by atoms with Crippen molar-refractivity contribution in [3.05, 3.63) is 0 Å². The van der Waals surface area contributed by atoms with Crippen molar-refractivity contribution in [2.24, 2.45) is 5.92 Å². The van der Waals surface area contributed by atoms with Crippen LogP contribution in [0.5, 0.6) is 0 Å². The quantitative estimate of drug-likeness (QED) is 0.849. The van der Waals surface area contributed by atoms with Crippen LogP contribution < -0.4 is 5.32 Å². The summed E-state index contributed by atoms with van der Waals surface area (Å²) in [5, 5.41) is 13.3. The molecule has 3 nitrogen and oxygen atoms in total. The van der Waals surface area contributed by atoms with E-state index in [1.807, 2.05) is 0 Å². The van der Waals surface area contributed by atoms with Crippen LogP contribution in [-0.2, 0) is 0 Å². The van der Waals surface area contributed by atoms with Gasteiger partial charge in [-0.15, -0.1) is 0 Å². The van der Waals surface area contributed by atoms with Gasteiger partial charge in [-0.25, -0.2) is 0 Å². The van der Waals surface area contributed by atoms with E-state index in [1.54, 1.807) is 0 Å². The van der Waals surface area contributed by atoms with Crippen LogP contribution in [0.2, 0.25) is 0 Å². The number of hydrogen-bond donors (Lipinski definition) is 1. The van der Waals surface area contributed by atoms with Gasteiger partial charge in [0.1, 0.15) is 5.54 Å². The molecule has 3 atom stereocenters. The molecule has 0 radical (unpaired) electrons. The average Bonchev–Trinajstić information content (AvgIpc) is 3.23. The molecule has 2 aliphatic carbocycles. The summed E-state index contributed by atoms with van der Waals surface area (Å²) >= 11 is 0. The number of rotatable bonds is 3. The van der Waals surface area contributed by atoms with E-state index in [2.05, 4.69) is 23.2 Å². The lowest BCUT2D eigenvalue weighted by Gasteiger charge is -2.44. The summed E-state index contributed by atoms with van der Waals surface area (Å²) < 4.78 is 0. The van der Waals surface area contributed by atoms with Crippen molar-refractivity contribution in [1.82, 2.24) is 10.2 Å². The fraction of sp³-hybridized carbons (Fsp3) is 0.938. The van der Waals surface area contributed by atoms with Gasteiger partial charge in [0, 0.05) is 18.6 Å². The molecule has 0 amide bonds. The fourth-order valence-corrected chi connectivity index (χ4v) is 4.00. The van der Waals surface area contributed by atoms with E-state index in [9.17, 15) is 5.26 Å². The van der Waals surface area contributed by atoms with Crippen LogP contribution in [0, 0.1) is 17.2 Å². The van der Waals surface area contributed by atoms with Gasteiger partial charge >= 0.3 is 0 Å². The molecule has 1 saturated heterocycles. The first-order chi connectivity index (χ1) is 9.21. The summed E-state index contributed by atoms with van der Waals surface area (Å²) in [6.45, 7) is 4.87.